The smallest absolute Gasteiger partial charge is 0.0350 e. The molecule has 1 unspecified atom stereocenters. The van der Waals surface area contributed by atoms with Crippen LogP contribution in [0.1, 0.15) is 56.1 Å². The minimum absolute atomic E-state index is 0.599. The molecule has 0 aromatic heterocycles. The molecule has 2 aliphatic rings. The number of benzene rings is 1. The van der Waals surface area contributed by atoms with Gasteiger partial charge in [0.1, 0.15) is 0 Å². The lowest BCUT2D eigenvalue weighted by Crippen LogP contribution is -2.28. The van der Waals surface area contributed by atoms with E-state index in [9.17, 15) is 0 Å². The molecule has 0 amide bonds. The molecular formula is C24H35N. The van der Waals surface area contributed by atoms with Gasteiger partial charge >= 0.3 is 0 Å². The SMILES string of the molecule is C=CCN(C)C(=C)C(CCc1cccc(C)c1)CC12CCC(CC1)C2. The lowest BCUT2D eigenvalue weighted by atomic mass is 9.74. The third kappa shape index (κ3) is 4.37. The minimum Gasteiger partial charge on any atom is -0.374 e. The standard InChI is InChI=1S/C24H35N/c1-5-15-25(4)20(3)23(10-9-21-8-6-7-19(2)16-21)18-24-13-11-22(17-24)12-14-24/h5-8,16,22-23H,1,3,9-15,17-18H2,2,4H3. The number of rotatable bonds is 9. The van der Waals surface area contributed by atoms with Crippen molar-refractivity contribution < 1.29 is 0 Å². The Balaban J connectivity index is 1.69. The summed E-state index contributed by atoms with van der Waals surface area (Å²) >= 11 is 0. The largest absolute Gasteiger partial charge is 0.374 e. The van der Waals surface area contributed by atoms with E-state index < -0.39 is 0 Å². The van der Waals surface area contributed by atoms with Crippen LogP contribution >= 0.6 is 0 Å². The van der Waals surface area contributed by atoms with Gasteiger partial charge < -0.3 is 4.90 Å². The Hall–Kier alpha value is -1.50. The first-order valence-electron chi connectivity index (χ1n) is 10.1. The van der Waals surface area contributed by atoms with E-state index in [1.165, 1.54) is 61.8 Å². The Kier molecular flexibility index (Phi) is 5.71. The Labute approximate surface area is 154 Å². The molecule has 2 aliphatic carbocycles. The maximum absolute atomic E-state index is 4.50. The second kappa shape index (κ2) is 7.81. The van der Waals surface area contributed by atoms with E-state index in [0.717, 1.165) is 18.9 Å². The van der Waals surface area contributed by atoms with E-state index in [1.54, 1.807) is 0 Å². The van der Waals surface area contributed by atoms with E-state index in [1.807, 2.05) is 6.08 Å². The fourth-order valence-corrected chi connectivity index (χ4v) is 5.34. The Morgan fingerprint density at radius 1 is 1.36 bits per heavy atom. The monoisotopic (exact) mass is 337 g/mol. The topological polar surface area (TPSA) is 3.24 Å². The van der Waals surface area contributed by atoms with Gasteiger partial charge in [-0.3, -0.25) is 0 Å². The van der Waals surface area contributed by atoms with Crippen molar-refractivity contribution in [1.82, 2.24) is 4.90 Å². The van der Waals surface area contributed by atoms with E-state index in [4.69, 9.17) is 0 Å². The first-order valence-corrected chi connectivity index (χ1v) is 10.1. The second-order valence-electron chi connectivity index (χ2n) is 8.74. The molecule has 1 atom stereocenters. The van der Waals surface area contributed by atoms with Crippen LogP contribution in [0.4, 0.5) is 0 Å². The fraction of sp³-hybridized carbons (Fsp3) is 0.583. The van der Waals surface area contributed by atoms with Gasteiger partial charge in [0.05, 0.1) is 0 Å². The fourth-order valence-electron chi connectivity index (χ4n) is 5.34. The summed E-state index contributed by atoms with van der Waals surface area (Å²) in [6.07, 6.45) is 13.0. The quantitative estimate of drug-likeness (QED) is 0.489. The summed E-state index contributed by atoms with van der Waals surface area (Å²) in [7, 11) is 2.17. The summed E-state index contributed by atoms with van der Waals surface area (Å²) in [6.45, 7) is 11.5. The van der Waals surface area contributed by atoms with Crippen LogP contribution in [0.5, 0.6) is 0 Å². The predicted octanol–water partition coefficient (Wildman–Crippen LogP) is 6.15. The van der Waals surface area contributed by atoms with Gasteiger partial charge in [-0.05, 0) is 81.1 Å². The highest BCUT2D eigenvalue weighted by Crippen LogP contribution is 2.57. The first kappa shape index (κ1) is 18.3. The van der Waals surface area contributed by atoms with Crippen molar-refractivity contribution in [2.75, 3.05) is 13.6 Å². The molecule has 0 saturated heterocycles. The molecular weight excluding hydrogens is 302 g/mol. The molecule has 2 bridgehead atoms. The average Bonchev–Trinajstić information content (AvgIpc) is 3.19. The van der Waals surface area contributed by atoms with Crippen LogP contribution in [-0.4, -0.2) is 18.5 Å². The lowest BCUT2D eigenvalue weighted by molar-refractivity contribution is 0.210. The summed E-state index contributed by atoms with van der Waals surface area (Å²) in [5, 5.41) is 0. The Morgan fingerprint density at radius 2 is 2.12 bits per heavy atom. The summed E-state index contributed by atoms with van der Waals surface area (Å²) in [4.78, 5) is 2.31. The van der Waals surface area contributed by atoms with Crippen molar-refractivity contribution in [2.45, 2.75) is 58.3 Å². The number of aryl methyl sites for hydroxylation is 2. The maximum atomic E-state index is 4.50. The molecule has 3 rings (SSSR count). The van der Waals surface area contributed by atoms with Crippen LogP contribution in [0.2, 0.25) is 0 Å². The van der Waals surface area contributed by atoms with Gasteiger partial charge in [0.25, 0.3) is 0 Å². The van der Waals surface area contributed by atoms with Crippen molar-refractivity contribution in [3.05, 3.63) is 60.3 Å². The molecule has 1 nitrogen and oxygen atoms in total. The van der Waals surface area contributed by atoms with Gasteiger partial charge in [0.2, 0.25) is 0 Å². The summed E-state index contributed by atoms with van der Waals surface area (Å²) in [5.41, 5.74) is 4.78. The maximum Gasteiger partial charge on any atom is 0.0350 e. The second-order valence-corrected chi connectivity index (χ2v) is 8.74. The molecule has 1 aromatic carbocycles. The molecule has 0 radical (unpaired) electrons. The number of likely N-dealkylation sites (N-methyl/N-ethyl adjacent to an activating group) is 1. The molecule has 2 saturated carbocycles. The summed E-state index contributed by atoms with van der Waals surface area (Å²) < 4.78 is 0. The Bertz CT molecular complexity index is 606. The number of hydrogen-bond donors (Lipinski definition) is 0. The van der Waals surface area contributed by atoms with Gasteiger partial charge in [0.15, 0.2) is 0 Å². The molecule has 0 spiro atoms. The number of allylic oxidation sites excluding steroid dienone is 1. The minimum atomic E-state index is 0.599. The third-order valence-electron chi connectivity index (χ3n) is 6.80. The number of hydrogen-bond acceptors (Lipinski definition) is 1. The van der Waals surface area contributed by atoms with Crippen LogP contribution in [0.15, 0.2) is 49.2 Å². The molecule has 1 heteroatoms. The zero-order valence-electron chi connectivity index (χ0n) is 16.3. The predicted molar refractivity (Wildman–Crippen MR) is 109 cm³/mol. The molecule has 1 aromatic rings. The molecule has 0 N–H and O–H groups in total. The van der Waals surface area contributed by atoms with Gasteiger partial charge in [-0.25, -0.2) is 0 Å². The third-order valence-corrected chi connectivity index (χ3v) is 6.80. The van der Waals surface area contributed by atoms with Crippen molar-refractivity contribution >= 4 is 0 Å². The molecule has 136 valence electrons. The highest BCUT2D eigenvalue weighted by atomic mass is 15.1. The Morgan fingerprint density at radius 3 is 2.72 bits per heavy atom. The van der Waals surface area contributed by atoms with E-state index in [-0.39, 0.29) is 0 Å². The molecule has 25 heavy (non-hydrogen) atoms. The van der Waals surface area contributed by atoms with E-state index >= 15 is 0 Å². The van der Waals surface area contributed by atoms with Crippen LogP contribution in [0.25, 0.3) is 0 Å². The first-order chi connectivity index (χ1) is 12.0. The van der Waals surface area contributed by atoms with E-state index in [2.05, 4.69) is 56.3 Å². The van der Waals surface area contributed by atoms with Crippen molar-refractivity contribution in [3.8, 4) is 0 Å². The van der Waals surface area contributed by atoms with Crippen LogP contribution < -0.4 is 0 Å². The van der Waals surface area contributed by atoms with Gasteiger partial charge in [-0.2, -0.15) is 0 Å². The highest BCUT2D eigenvalue weighted by molar-refractivity contribution is 5.22. The number of nitrogens with zero attached hydrogens (tertiary/aromatic N) is 1. The van der Waals surface area contributed by atoms with Gasteiger partial charge in [-0.15, -0.1) is 6.58 Å². The lowest BCUT2D eigenvalue weighted by Gasteiger charge is -2.35. The zero-order valence-corrected chi connectivity index (χ0v) is 16.3. The molecule has 2 fully saturated rings. The number of fused-ring (bicyclic) bond motifs is 2. The molecule has 0 heterocycles. The average molecular weight is 338 g/mol. The highest BCUT2D eigenvalue weighted by Gasteiger charge is 2.45. The van der Waals surface area contributed by atoms with Crippen LogP contribution in [0.3, 0.4) is 0 Å². The zero-order chi connectivity index (χ0) is 17.9. The normalized spacial score (nSPS) is 25.8. The van der Waals surface area contributed by atoms with Gasteiger partial charge in [0, 0.05) is 19.3 Å². The van der Waals surface area contributed by atoms with Crippen molar-refractivity contribution in [1.29, 1.82) is 0 Å². The van der Waals surface area contributed by atoms with Crippen LogP contribution in [-0.2, 0) is 6.42 Å². The van der Waals surface area contributed by atoms with Gasteiger partial charge in [-0.1, -0.05) is 42.5 Å². The summed E-state index contributed by atoms with van der Waals surface area (Å²) in [6, 6.07) is 9.00. The van der Waals surface area contributed by atoms with Crippen molar-refractivity contribution in [3.63, 3.8) is 0 Å². The van der Waals surface area contributed by atoms with E-state index in [0.29, 0.717) is 11.3 Å². The van der Waals surface area contributed by atoms with Crippen LogP contribution in [0, 0.1) is 24.2 Å². The molecule has 0 aliphatic heterocycles. The van der Waals surface area contributed by atoms with Crippen molar-refractivity contribution in [2.24, 2.45) is 17.3 Å². The summed E-state index contributed by atoms with van der Waals surface area (Å²) in [5.74, 6) is 1.62.